The van der Waals surface area contributed by atoms with Gasteiger partial charge in [-0.1, -0.05) is 17.7 Å². The summed E-state index contributed by atoms with van der Waals surface area (Å²) in [7, 11) is 0. The van der Waals surface area contributed by atoms with Crippen molar-refractivity contribution in [3.8, 4) is 0 Å². The van der Waals surface area contributed by atoms with Crippen LogP contribution < -0.4 is 0 Å². The molecule has 1 amide bonds. The van der Waals surface area contributed by atoms with Gasteiger partial charge >= 0.3 is 0 Å². The van der Waals surface area contributed by atoms with Crippen LogP contribution >= 0.6 is 11.6 Å². The quantitative estimate of drug-likeness (QED) is 0.812. The fourth-order valence-electron chi connectivity index (χ4n) is 2.81. The van der Waals surface area contributed by atoms with E-state index in [1.807, 2.05) is 0 Å². The number of hydrogen-bond donors (Lipinski definition) is 0. The minimum absolute atomic E-state index is 0.0103. The van der Waals surface area contributed by atoms with Gasteiger partial charge < -0.3 is 4.90 Å². The van der Waals surface area contributed by atoms with Crippen molar-refractivity contribution in [2.45, 2.75) is 12.8 Å². The monoisotopic (exact) mass is 329 g/mol. The van der Waals surface area contributed by atoms with E-state index in [1.54, 1.807) is 41.6 Å². The number of amides is 1. The molecular weight excluding hydrogens is 314 g/mol. The molecule has 3 heterocycles. The zero-order valence-corrected chi connectivity index (χ0v) is 13.2. The van der Waals surface area contributed by atoms with Crippen LogP contribution in [-0.4, -0.2) is 39.6 Å². The third kappa shape index (κ3) is 3.40. The van der Waals surface area contributed by atoms with Crippen molar-refractivity contribution in [3.05, 3.63) is 59.1 Å². The first-order chi connectivity index (χ1) is 11.2. The Balaban J connectivity index is 1.75. The fraction of sp³-hybridized carbons (Fsp3) is 0.294. The number of nitrogens with zero attached hydrogens (tertiary/aromatic N) is 3. The summed E-state index contributed by atoms with van der Waals surface area (Å²) in [5.74, 6) is -0.386. The van der Waals surface area contributed by atoms with Gasteiger partial charge in [0.05, 0.1) is 10.6 Å². The number of halogens is 1. The fourth-order valence-corrected chi connectivity index (χ4v) is 3.01. The summed E-state index contributed by atoms with van der Waals surface area (Å²) in [6.45, 7) is 1.02. The highest BCUT2D eigenvalue weighted by Gasteiger charge is 2.30. The second kappa shape index (κ2) is 6.87. The topological polar surface area (TPSA) is 63.2 Å². The van der Waals surface area contributed by atoms with Gasteiger partial charge in [-0.05, 0) is 31.0 Å². The molecule has 1 fully saturated rings. The lowest BCUT2D eigenvalue weighted by atomic mass is 9.91. The molecule has 0 aliphatic carbocycles. The van der Waals surface area contributed by atoms with E-state index < -0.39 is 0 Å². The molecule has 2 aromatic heterocycles. The molecule has 1 aliphatic rings. The summed E-state index contributed by atoms with van der Waals surface area (Å²) < 4.78 is 0. The van der Waals surface area contributed by atoms with Gasteiger partial charge in [-0.15, -0.1) is 0 Å². The van der Waals surface area contributed by atoms with Crippen LogP contribution in [0.15, 0.2) is 42.9 Å². The van der Waals surface area contributed by atoms with E-state index in [9.17, 15) is 9.59 Å². The number of piperidine rings is 1. The Morgan fingerprint density at radius 2 is 2.09 bits per heavy atom. The molecule has 1 saturated heterocycles. The predicted octanol–water partition coefficient (Wildman–Crippen LogP) is 2.87. The molecule has 23 heavy (non-hydrogen) atoms. The molecular formula is C17H16ClN3O2. The number of likely N-dealkylation sites (tertiary alicyclic amines) is 1. The maximum Gasteiger partial charge on any atom is 0.255 e. The van der Waals surface area contributed by atoms with Gasteiger partial charge in [-0.3, -0.25) is 19.6 Å². The molecule has 5 nitrogen and oxygen atoms in total. The summed E-state index contributed by atoms with van der Waals surface area (Å²) in [5, 5.41) is 0.329. The van der Waals surface area contributed by atoms with Crippen LogP contribution in [0, 0.1) is 5.92 Å². The molecule has 118 valence electrons. The van der Waals surface area contributed by atoms with Crippen molar-refractivity contribution in [2.24, 2.45) is 5.92 Å². The van der Waals surface area contributed by atoms with Crippen molar-refractivity contribution in [2.75, 3.05) is 13.1 Å². The molecule has 0 aromatic carbocycles. The number of pyridine rings is 2. The molecule has 1 atom stereocenters. The molecule has 0 spiro atoms. The van der Waals surface area contributed by atoms with Gasteiger partial charge in [0.1, 0.15) is 5.69 Å². The Hall–Kier alpha value is -2.27. The first-order valence-corrected chi connectivity index (χ1v) is 7.88. The third-order valence-electron chi connectivity index (χ3n) is 4.00. The summed E-state index contributed by atoms with van der Waals surface area (Å²) in [6, 6.07) is 6.89. The lowest BCUT2D eigenvalue weighted by Crippen LogP contribution is -2.42. The van der Waals surface area contributed by atoms with Crippen LogP contribution in [-0.2, 0) is 0 Å². The van der Waals surface area contributed by atoms with Crippen LogP contribution in [0.4, 0.5) is 0 Å². The molecule has 1 aliphatic heterocycles. The van der Waals surface area contributed by atoms with Gasteiger partial charge in [0.25, 0.3) is 5.91 Å². The minimum atomic E-state index is -0.219. The van der Waals surface area contributed by atoms with Gasteiger partial charge in [-0.2, -0.15) is 0 Å². The van der Waals surface area contributed by atoms with Crippen molar-refractivity contribution < 1.29 is 9.59 Å². The number of Topliss-reactive ketones (excluding diaryl/α,β-unsaturated/α-hetero) is 1. The maximum atomic E-state index is 12.6. The molecule has 0 saturated carbocycles. The minimum Gasteiger partial charge on any atom is -0.338 e. The van der Waals surface area contributed by atoms with Crippen LogP contribution in [0.3, 0.4) is 0 Å². The number of hydrogen-bond acceptors (Lipinski definition) is 4. The van der Waals surface area contributed by atoms with Crippen molar-refractivity contribution in [1.29, 1.82) is 0 Å². The number of carbonyl (C=O) groups is 2. The molecule has 3 rings (SSSR count). The highest BCUT2D eigenvalue weighted by molar-refractivity contribution is 6.33. The van der Waals surface area contributed by atoms with E-state index in [4.69, 9.17) is 11.6 Å². The van der Waals surface area contributed by atoms with Gasteiger partial charge in [0.15, 0.2) is 5.78 Å². The average molecular weight is 330 g/mol. The number of ketones is 1. The first-order valence-electron chi connectivity index (χ1n) is 7.51. The van der Waals surface area contributed by atoms with E-state index >= 15 is 0 Å². The second-order valence-electron chi connectivity index (χ2n) is 5.53. The Bertz CT molecular complexity index is 721. The molecule has 0 bridgehead atoms. The highest BCUT2D eigenvalue weighted by Crippen LogP contribution is 2.23. The molecule has 2 aromatic rings. The Kier molecular flexibility index (Phi) is 4.67. The lowest BCUT2D eigenvalue weighted by Gasteiger charge is -2.32. The summed E-state index contributed by atoms with van der Waals surface area (Å²) >= 11 is 6.05. The smallest absolute Gasteiger partial charge is 0.255 e. The SMILES string of the molecule is O=C(c1ccccn1)C1CCCN(C(=O)c2ccncc2Cl)C1. The molecule has 0 N–H and O–H groups in total. The van der Waals surface area contributed by atoms with E-state index in [0.717, 1.165) is 12.8 Å². The third-order valence-corrected chi connectivity index (χ3v) is 4.30. The second-order valence-corrected chi connectivity index (χ2v) is 5.93. The maximum absolute atomic E-state index is 12.6. The first kappa shape index (κ1) is 15.6. The zero-order valence-electron chi connectivity index (χ0n) is 12.5. The number of rotatable bonds is 3. The summed E-state index contributed by atoms with van der Waals surface area (Å²) in [4.78, 5) is 34.8. The summed E-state index contributed by atoms with van der Waals surface area (Å²) in [6.07, 6.45) is 6.16. The molecule has 1 unspecified atom stereocenters. The standard InChI is InChI=1S/C17H16ClN3O2/c18-14-10-19-8-6-13(14)17(23)21-9-3-4-12(11-21)16(22)15-5-1-2-7-20-15/h1-2,5-8,10,12H,3-4,9,11H2. The van der Waals surface area contributed by atoms with Crippen molar-refractivity contribution >= 4 is 23.3 Å². The van der Waals surface area contributed by atoms with E-state index in [1.165, 1.54) is 6.20 Å². The van der Waals surface area contributed by atoms with Crippen LogP contribution in [0.25, 0.3) is 0 Å². The van der Waals surface area contributed by atoms with E-state index in [0.29, 0.717) is 29.4 Å². The lowest BCUT2D eigenvalue weighted by molar-refractivity contribution is 0.0635. The largest absolute Gasteiger partial charge is 0.338 e. The van der Waals surface area contributed by atoms with Crippen molar-refractivity contribution in [1.82, 2.24) is 14.9 Å². The van der Waals surface area contributed by atoms with Gasteiger partial charge in [0, 0.05) is 37.6 Å². The molecule has 0 radical (unpaired) electrons. The average Bonchev–Trinajstić information content (AvgIpc) is 2.62. The predicted molar refractivity (Wildman–Crippen MR) is 86.4 cm³/mol. The normalized spacial score (nSPS) is 17.8. The van der Waals surface area contributed by atoms with Gasteiger partial charge in [-0.25, -0.2) is 0 Å². The Morgan fingerprint density at radius 1 is 1.22 bits per heavy atom. The van der Waals surface area contributed by atoms with Crippen LogP contribution in [0.5, 0.6) is 0 Å². The van der Waals surface area contributed by atoms with E-state index in [2.05, 4.69) is 9.97 Å². The zero-order chi connectivity index (χ0) is 16.2. The van der Waals surface area contributed by atoms with Crippen LogP contribution in [0.1, 0.15) is 33.7 Å². The van der Waals surface area contributed by atoms with Crippen LogP contribution in [0.2, 0.25) is 5.02 Å². The Morgan fingerprint density at radius 3 is 2.83 bits per heavy atom. The van der Waals surface area contributed by atoms with Crippen molar-refractivity contribution in [3.63, 3.8) is 0 Å². The highest BCUT2D eigenvalue weighted by atomic mass is 35.5. The van der Waals surface area contributed by atoms with Gasteiger partial charge in [0.2, 0.25) is 0 Å². The summed E-state index contributed by atoms with van der Waals surface area (Å²) in [5.41, 5.74) is 0.876. The molecule has 6 heteroatoms. The Labute approximate surface area is 139 Å². The van der Waals surface area contributed by atoms with E-state index in [-0.39, 0.29) is 17.6 Å². The number of carbonyl (C=O) groups excluding carboxylic acids is 2. The number of aromatic nitrogens is 2.